The number of nitrogens with zero attached hydrogens (tertiary/aromatic N) is 2. The van der Waals surface area contributed by atoms with Crippen LogP contribution in [0.2, 0.25) is 0 Å². The Morgan fingerprint density at radius 3 is 2.47 bits per heavy atom. The van der Waals surface area contributed by atoms with Gasteiger partial charge >= 0.3 is 5.97 Å². The number of anilines is 2. The lowest BCUT2D eigenvalue weighted by Gasteiger charge is -2.22. The molecule has 1 aliphatic carbocycles. The Kier molecular flexibility index (Phi) is 5.55. The first kappa shape index (κ1) is 22.1. The molecule has 5 rings (SSSR count). The van der Waals surface area contributed by atoms with Crippen molar-refractivity contribution in [1.82, 2.24) is 0 Å². The number of carbonyl (C=O) groups is 4. The Morgan fingerprint density at radius 1 is 1.00 bits per heavy atom. The molecule has 7 nitrogen and oxygen atoms in total. The van der Waals surface area contributed by atoms with Crippen molar-refractivity contribution in [3.63, 3.8) is 0 Å². The summed E-state index contributed by atoms with van der Waals surface area (Å²) >= 11 is 0. The standard InChI is InChI=1S/C27H26N2O5/c1-16-5-3-7-20(13-16)28-15-18(14-23(28)30)27(33)34-21-11-9-19(10-12-21)29-25(31)22-8-4-6-17(2)24(22)26(29)32/h3-7,9-13,17-18,22,24H,8,14-15H2,1-2H3/t17-,18+,22-,24+/m1/s1. The summed E-state index contributed by atoms with van der Waals surface area (Å²) in [6, 6.07) is 14.0. The van der Waals surface area contributed by atoms with Gasteiger partial charge < -0.3 is 9.64 Å². The molecule has 0 bridgehead atoms. The van der Waals surface area contributed by atoms with Crippen LogP contribution in [0.25, 0.3) is 0 Å². The molecule has 2 heterocycles. The number of imide groups is 1. The van der Waals surface area contributed by atoms with Crippen LogP contribution >= 0.6 is 0 Å². The summed E-state index contributed by atoms with van der Waals surface area (Å²) in [6.07, 6.45) is 4.63. The highest BCUT2D eigenvalue weighted by atomic mass is 16.5. The maximum Gasteiger partial charge on any atom is 0.316 e. The molecule has 0 spiro atoms. The van der Waals surface area contributed by atoms with Gasteiger partial charge in [-0.15, -0.1) is 0 Å². The number of fused-ring (bicyclic) bond motifs is 1. The normalized spacial score (nSPS) is 26.2. The van der Waals surface area contributed by atoms with E-state index < -0.39 is 11.9 Å². The van der Waals surface area contributed by atoms with Crippen LogP contribution in [0.3, 0.4) is 0 Å². The quantitative estimate of drug-likeness (QED) is 0.302. The minimum Gasteiger partial charge on any atom is -0.426 e. The molecule has 4 atom stereocenters. The molecule has 0 radical (unpaired) electrons. The van der Waals surface area contributed by atoms with Crippen LogP contribution in [0.15, 0.2) is 60.7 Å². The van der Waals surface area contributed by atoms with Gasteiger partial charge in [-0.25, -0.2) is 0 Å². The second-order valence-corrected chi connectivity index (χ2v) is 9.33. The minimum absolute atomic E-state index is 0.0221. The van der Waals surface area contributed by atoms with Gasteiger partial charge in [0.05, 0.1) is 23.4 Å². The molecule has 2 aromatic rings. The van der Waals surface area contributed by atoms with E-state index in [9.17, 15) is 19.2 Å². The molecule has 2 aromatic carbocycles. The fraction of sp³-hybridized carbons (Fsp3) is 0.333. The summed E-state index contributed by atoms with van der Waals surface area (Å²) in [4.78, 5) is 53.9. The van der Waals surface area contributed by atoms with E-state index in [2.05, 4.69) is 0 Å². The van der Waals surface area contributed by atoms with Gasteiger partial charge in [0, 0.05) is 18.7 Å². The first-order valence-corrected chi connectivity index (χ1v) is 11.6. The maximum absolute atomic E-state index is 12.9. The van der Waals surface area contributed by atoms with Crippen molar-refractivity contribution in [1.29, 1.82) is 0 Å². The number of hydrogen-bond donors (Lipinski definition) is 0. The van der Waals surface area contributed by atoms with E-state index in [1.165, 1.54) is 4.90 Å². The molecule has 174 valence electrons. The third-order valence-corrected chi connectivity index (χ3v) is 6.96. The van der Waals surface area contributed by atoms with Gasteiger partial charge in [-0.05, 0) is 61.2 Å². The highest BCUT2D eigenvalue weighted by molar-refractivity contribution is 6.22. The van der Waals surface area contributed by atoms with E-state index in [1.54, 1.807) is 29.2 Å². The van der Waals surface area contributed by atoms with Crippen LogP contribution in [-0.2, 0) is 19.2 Å². The van der Waals surface area contributed by atoms with Gasteiger partial charge in [0.1, 0.15) is 5.75 Å². The summed E-state index contributed by atoms with van der Waals surface area (Å²) < 4.78 is 5.52. The van der Waals surface area contributed by atoms with E-state index in [1.807, 2.05) is 50.3 Å². The van der Waals surface area contributed by atoms with Crippen molar-refractivity contribution in [2.24, 2.45) is 23.7 Å². The first-order chi connectivity index (χ1) is 16.3. The van der Waals surface area contributed by atoms with Crippen LogP contribution in [0.5, 0.6) is 5.75 Å². The van der Waals surface area contributed by atoms with Gasteiger partial charge in [0.25, 0.3) is 0 Å². The van der Waals surface area contributed by atoms with Crippen LogP contribution in [0.4, 0.5) is 11.4 Å². The Balaban J connectivity index is 1.25. The number of hydrogen-bond acceptors (Lipinski definition) is 5. The number of esters is 1. The molecule has 0 unspecified atom stereocenters. The molecule has 7 heteroatoms. The molecular weight excluding hydrogens is 432 g/mol. The van der Waals surface area contributed by atoms with Crippen molar-refractivity contribution >= 4 is 35.1 Å². The van der Waals surface area contributed by atoms with E-state index in [-0.39, 0.29) is 48.4 Å². The van der Waals surface area contributed by atoms with Crippen molar-refractivity contribution < 1.29 is 23.9 Å². The molecule has 0 aromatic heterocycles. The molecule has 2 aliphatic heterocycles. The third-order valence-electron chi connectivity index (χ3n) is 6.96. The molecule has 2 fully saturated rings. The summed E-state index contributed by atoms with van der Waals surface area (Å²) in [6.45, 7) is 4.18. The van der Waals surface area contributed by atoms with Crippen LogP contribution < -0.4 is 14.5 Å². The SMILES string of the molecule is Cc1cccc(N2C[C@@H](C(=O)Oc3ccc(N4C(=O)[C@H]5[C@H](C)C=CC[C@H]5C4=O)cc3)CC2=O)c1. The van der Waals surface area contributed by atoms with Crippen LogP contribution in [-0.4, -0.2) is 30.2 Å². The highest BCUT2D eigenvalue weighted by Gasteiger charge is 2.50. The summed E-state index contributed by atoms with van der Waals surface area (Å²) in [5, 5.41) is 0. The topological polar surface area (TPSA) is 84.0 Å². The van der Waals surface area contributed by atoms with E-state index >= 15 is 0 Å². The van der Waals surface area contributed by atoms with Crippen LogP contribution in [0.1, 0.15) is 25.3 Å². The molecule has 0 N–H and O–H groups in total. The average Bonchev–Trinajstić information content (AvgIpc) is 3.33. The number of benzene rings is 2. The number of ether oxygens (including phenoxy) is 1. The number of allylic oxidation sites excluding steroid dienone is 2. The zero-order valence-electron chi connectivity index (χ0n) is 19.1. The zero-order chi connectivity index (χ0) is 24.0. The predicted octanol–water partition coefficient (Wildman–Crippen LogP) is 3.66. The number of amides is 3. The maximum atomic E-state index is 12.9. The molecule has 0 saturated carbocycles. The lowest BCUT2D eigenvalue weighted by atomic mass is 9.78. The lowest BCUT2D eigenvalue weighted by molar-refractivity contribution is -0.139. The smallest absolute Gasteiger partial charge is 0.316 e. The van der Waals surface area contributed by atoms with Gasteiger partial charge in [0.2, 0.25) is 17.7 Å². The zero-order valence-corrected chi connectivity index (χ0v) is 19.1. The minimum atomic E-state index is -0.563. The van der Waals surface area contributed by atoms with Crippen molar-refractivity contribution in [2.75, 3.05) is 16.3 Å². The molecule has 34 heavy (non-hydrogen) atoms. The molecular formula is C27H26N2O5. The predicted molar refractivity (Wildman–Crippen MR) is 126 cm³/mol. The number of aryl methyl sites for hydroxylation is 1. The number of carbonyl (C=O) groups excluding carboxylic acids is 4. The monoisotopic (exact) mass is 458 g/mol. The fourth-order valence-corrected chi connectivity index (χ4v) is 5.18. The fourth-order valence-electron chi connectivity index (χ4n) is 5.18. The van der Waals surface area contributed by atoms with E-state index in [4.69, 9.17) is 4.74 Å². The van der Waals surface area contributed by atoms with E-state index in [0.717, 1.165) is 11.3 Å². The highest BCUT2D eigenvalue weighted by Crippen LogP contribution is 2.40. The Labute approximate surface area is 198 Å². The summed E-state index contributed by atoms with van der Waals surface area (Å²) in [7, 11) is 0. The Hall–Kier alpha value is -3.74. The first-order valence-electron chi connectivity index (χ1n) is 11.6. The second-order valence-electron chi connectivity index (χ2n) is 9.33. The summed E-state index contributed by atoms with van der Waals surface area (Å²) in [5.74, 6) is -1.83. The average molecular weight is 459 g/mol. The summed E-state index contributed by atoms with van der Waals surface area (Å²) in [5.41, 5.74) is 2.28. The second kappa shape index (κ2) is 8.56. The molecule has 3 aliphatic rings. The van der Waals surface area contributed by atoms with Crippen LogP contribution in [0, 0.1) is 30.6 Å². The Morgan fingerprint density at radius 2 is 1.76 bits per heavy atom. The van der Waals surface area contributed by atoms with Gasteiger partial charge in [-0.3, -0.25) is 24.1 Å². The largest absolute Gasteiger partial charge is 0.426 e. The van der Waals surface area contributed by atoms with Crippen molar-refractivity contribution in [3.8, 4) is 5.75 Å². The number of rotatable bonds is 4. The third kappa shape index (κ3) is 3.81. The van der Waals surface area contributed by atoms with Gasteiger partial charge in [0.15, 0.2) is 0 Å². The van der Waals surface area contributed by atoms with Gasteiger partial charge in [-0.2, -0.15) is 0 Å². The van der Waals surface area contributed by atoms with Gasteiger partial charge in [-0.1, -0.05) is 31.2 Å². The molecule has 3 amide bonds. The lowest BCUT2D eigenvalue weighted by Crippen LogP contribution is -2.31. The van der Waals surface area contributed by atoms with E-state index in [0.29, 0.717) is 17.9 Å². The van der Waals surface area contributed by atoms with Crippen molar-refractivity contribution in [2.45, 2.75) is 26.7 Å². The Bertz CT molecular complexity index is 1200. The molecule has 2 saturated heterocycles. The van der Waals surface area contributed by atoms with Crippen molar-refractivity contribution in [3.05, 3.63) is 66.2 Å².